The van der Waals surface area contributed by atoms with Crippen LogP contribution >= 0.6 is 24.8 Å². The number of nitrogens with one attached hydrogen (secondary N) is 1. The molecule has 0 saturated carbocycles. The molecule has 17 heavy (non-hydrogen) atoms. The van der Waals surface area contributed by atoms with Gasteiger partial charge in [-0.25, -0.2) is 0 Å². The molecule has 2 rings (SSSR count). The average molecular weight is 272 g/mol. The van der Waals surface area contributed by atoms with Gasteiger partial charge in [-0.2, -0.15) is 0 Å². The van der Waals surface area contributed by atoms with Crippen molar-refractivity contribution in [2.24, 2.45) is 0 Å². The molecule has 92 valence electrons. The van der Waals surface area contributed by atoms with Crippen molar-refractivity contribution in [3.8, 4) is 0 Å². The van der Waals surface area contributed by atoms with Crippen LogP contribution in [0, 0.1) is 0 Å². The Balaban J connectivity index is 0.00000128. The first kappa shape index (κ1) is 15.8. The van der Waals surface area contributed by atoms with Crippen molar-refractivity contribution in [1.82, 2.24) is 15.3 Å². The minimum atomic E-state index is 0. The summed E-state index contributed by atoms with van der Waals surface area (Å²) < 4.78 is 0. The van der Waals surface area contributed by atoms with Gasteiger partial charge in [0.25, 0.3) is 0 Å². The highest BCUT2D eigenvalue weighted by molar-refractivity contribution is 5.85. The second kappa shape index (κ2) is 8.93. The van der Waals surface area contributed by atoms with E-state index in [1.54, 1.807) is 0 Å². The first-order chi connectivity index (χ1) is 7.45. The molecule has 2 heterocycles. The third kappa shape index (κ3) is 5.63. The summed E-state index contributed by atoms with van der Waals surface area (Å²) in [4.78, 5) is 7.95. The number of pyridine rings is 2. The zero-order valence-corrected chi connectivity index (χ0v) is 10.9. The smallest absolute Gasteiger partial charge is 0.0271 e. The van der Waals surface area contributed by atoms with Gasteiger partial charge in [0, 0.05) is 37.9 Å². The lowest BCUT2D eigenvalue weighted by molar-refractivity contribution is 0.692. The van der Waals surface area contributed by atoms with Gasteiger partial charge in [-0.3, -0.25) is 9.97 Å². The van der Waals surface area contributed by atoms with Crippen molar-refractivity contribution in [2.75, 3.05) is 0 Å². The van der Waals surface area contributed by atoms with Crippen LogP contribution in [0.1, 0.15) is 11.1 Å². The molecule has 2 aromatic heterocycles. The highest BCUT2D eigenvalue weighted by atomic mass is 35.5. The van der Waals surface area contributed by atoms with Crippen LogP contribution in [0.2, 0.25) is 0 Å². The van der Waals surface area contributed by atoms with Crippen LogP contribution in [0.4, 0.5) is 0 Å². The van der Waals surface area contributed by atoms with E-state index in [-0.39, 0.29) is 24.8 Å². The van der Waals surface area contributed by atoms with E-state index < -0.39 is 0 Å². The van der Waals surface area contributed by atoms with Crippen LogP contribution in [0.5, 0.6) is 0 Å². The molecule has 0 aliphatic heterocycles. The molecule has 0 radical (unpaired) electrons. The largest absolute Gasteiger partial charge is 0.309 e. The van der Waals surface area contributed by atoms with Gasteiger partial charge in [0.15, 0.2) is 0 Å². The average Bonchev–Trinajstić information content (AvgIpc) is 2.32. The highest BCUT2D eigenvalue weighted by Gasteiger charge is 1.92. The van der Waals surface area contributed by atoms with Crippen LogP contribution in [0.15, 0.2) is 49.1 Å². The van der Waals surface area contributed by atoms with Gasteiger partial charge in [0.1, 0.15) is 0 Å². The summed E-state index contributed by atoms with van der Waals surface area (Å²) in [7, 11) is 0. The van der Waals surface area contributed by atoms with E-state index in [4.69, 9.17) is 0 Å². The highest BCUT2D eigenvalue weighted by Crippen LogP contribution is 1.98. The summed E-state index contributed by atoms with van der Waals surface area (Å²) >= 11 is 0. The van der Waals surface area contributed by atoms with E-state index in [0.29, 0.717) is 0 Å². The number of rotatable bonds is 4. The molecular weight excluding hydrogens is 257 g/mol. The summed E-state index contributed by atoms with van der Waals surface area (Å²) in [5, 5.41) is 3.36. The number of halogens is 2. The Morgan fingerprint density at radius 3 is 1.41 bits per heavy atom. The van der Waals surface area contributed by atoms with E-state index in [0.717, 1.165) is 13.1 Å². The molecule has 0 bridgehead atoms. The minimum Gasteiger partial charge on any atom is -0.309 e. The molecule has 0 aliphatic carbocycles. The van der Waals surface area contributed by atoms with Crippen molar-refractivity contribution >= 4 is 24.8 Å². The predicted molar refractivity (Wildman–Crippen MR) is 73.5 cm³/mol. The molecule has 2 aromatic rings. The first-order valence-corrected chi connectivity index (χ1v) is 4.94. The Hall–Kier alpha value is -1.16. The van der Waals surface area contributed by atoms with E-state index in [9.17, 15) is 0 Å². The van der Waals surface area contributed by atoms with E-state index in [2.05, 4.69) is 15.3 Å². The van der Waals surface area contributed by atoms with Crippen molar-refractivity contribution in [2.45, 2.75) is 13.1 Å². The van der Waals surface area contributed by atoms with Crippen molar-refractivity contribution in [1.29, 1.82) is 0 Å². The molecule has 0 aliphatic rings. The van der Waals surface area contributed by atoms with Crippen LogP contribution in [-0.4, -0.2) is 9.97 Å². The van der Waals surface area contributed by atoms with Gasteiger partial charge >= 0.3 is 0 Å². The quantitative estimate of drug-likeness (QED) is 0.929. The van der Waals surface area contributed by atoms with Gasteiger partial charge in [0.2, 0.25) is 0 Å². The second-order valence-corrected chi connectivity index (χ2v) is 3.31. The lowest BCUT2D eigenvalue weighted by Gasteiger charge is -2.04. The number of hydrogen-bond acceptors (Lipinski definition) is 3. The number of aromatic nitrogens is 2. The maximum Gasteiger partial charge on any atom is 0.0271 e. The molecular formula is C12H15Cl2N3. The third-order valence-corrected chi connectivity index (χ3v) is 2.16. The number of nitrogens with zero attached hydrogens (tertiary/aromatic N) is 2. The summed E-state index contributed by atoms with van der Waals surface area (Å²) in [6.07, 6.45) is 7.24. The fourth-order valence-electron chi connectivity index (χ4n) is 1.35. The Bertz CT molecular complexity index is 356. The third-order valence-electron chi connectivity index (χ3n) is 2.16. The minimum absolute atomic E-state index is 0. The first-order valence-electron chi connectivity index (χ1n) is 4.94. The fraction of sp³-hybridized carbons (Fsp3) is 0.167. The molecule has 0 atom stereocenters. The zero-order chi connectivity index (χ0) is 10.3. The molecule has 3 nitrogen and oxygen atoms in total. The normalized spacial score (nSPS) is 8.94. The second-order valence-electron chi connectivity index (χ2n) is 3.31. The molecule has 0 fully saturated rings. The van der Waals surface area contributed by atoms with Gasteiger partial charge in [-0.1, -0.05) is 0 Å². The molecule has 0 spiro atoms. The topological polar surface area (TPSA) is 37.8 Å². The molecule has 0 saturated heterocycles. The van der Waals surface area contributed by atoms with Gasteiger partial charge in [0.05, 0.1) is 0 Å². The van der Waals surface area contributed by atoms with Gasteiger partial charge in [-0.15, -0.1) is 24.8 Å². The van der Waals surface area contributed by atoms with Gasteiger partial charge < -0.3 is 5.32 Å². The fourth-order valence-corrected chi connectivity index (χ4v) is 1.35. The van der Waals surface area contributed by atoms with Crippen LogP contribution < -0.4 is 5.32 Å². The van der Waals surface area contributed by atoms with Crippen molar-refractivity contribution in [3.05, 3.63) is 60.2 Å². The Kier molecular flexibility index (Phi) is 8.32. The Labute approximate surface area is 114 Å². The van der Waals surface area contributed by atoms with Crippen LogP contribution in [-0.2, 0) is 13.1 Å². The van der Waals surface area contributed by atoms with Crippen LogP contribution in [0.3, 0.4) is 0 Å². The molecule has 1 N–H and O–H groups in total. The van der Waals surface area contributed by atoms with E-state index in [1.165, 1.54) is 11.1 Å². The maximum absolute atomic E-state index is 3.98. The summed E-state index contributed by atoms with van der Waals surface area (Å²) in [6, 6.07) is 8.05. The lowest BCUT2D eigenvalue weighted by Crippen LogP contribution is -2.12. The maximum atomic E-state index is 3.98. The van der Waals surface area contributed by atoms with E-state index in [1.807, 2.05) is 49.1 Å². The lowest BCUT2D eigenvalue weighted by atomic mass is 10.2. The van der Waals surface area contributed by atoms with Crippen molar-refractivity contribution < 1.29 is 0 Å². The van der Waals surface area contributed by atoms with Crippen LogP contribution in [0.25, 0.3) is 0 Å². The number of hydrogen-bond donors (Lipinski definition) is 1. The predicted octanol–water partition coefficient (Wildman–Crippen LogP) is 2.61. The SMILES string of the molecule is Cl.Cl.c1cc(CNCc2ccncc2)ccn1. The molecule has 5 heteroatoms. The molecule has 0 aromatic carbocycles. The zero-order valence-electron chi connectivity index (χ0n) is 9.24. The molecule has 0 amide bonds. The van der Waals surface area contributed by atoms with E-state index >= 15 is 0 Å². The summed E-state index contributed by atoms with van der Waals surface area (Å²) in [6.45, 7) is 1.73. The monoisotopic (exact) mass is 271 g/mol. The standard InChI is InChI=1S/C12H13N3.2ClH/c1-5-13-6-2-11(1)9-15-10-12-3-7-14-8-4-12;;/h1-8,15H,9-10H2;2*1H. The summed E-state index contributed by atoms with van der Waals surface area (Å²) in [5.41, 5.74) is 2.50. The van der Waals surface area contributed by atoms with Crippen molar-refractivity contribution in [3.63, 3.8) is 0 Å². The Morgan fingerprint density at radius 2 is 1.06 bits per heavy atom. The summed E-state index contributed by atoms with van der Waals surface area (Å²) in [5.74, 6) is 0. The Morgan fingerprint density at radius 1 is 0.706 bits per heavy atom. The van der Waals surface area contributed by atoms with Gasteiger partial charge in [-0.05, 0) is 35.4 Å². The molecule has 0 unspecified atom stereocenters.